The quantitative estimate of drug-likeness (QED) is 0.199. The molecule has 5 rings (SSSR count). The Bertz CT molecular complexity index is 1590. The standard InChI is InChI=1S/C33H36N4O5S/c1-6-41-31(38)29-30(37(35-34-29)21-22-9-14-26(40-5)15-10-22)43-27-16-11-23(12-17-27)24-13-18-28-25(20-24)8-7-19-36(28)32(39)42-33(2,3)4/h9-18,20H,6-8,19,21H2,1-5H3. The minimum Gasteiger partial charge on any atom is -0.497 e. The summed E-state index contributed by atoms with van der Waals surface area (Å²) in [4.78, 5) is 28.2. The molecular weight excluding hydrogens is 564 g/mol. The molecule has 10 heteroatoms. The average Bonchev–Trinajstić information content (AvgIpc) is 3.38. The van der Waals surface area contributed by atoms with Crippen molar-refractivity contribution in [3.05, 3.63) is 83.6 Å². The highest BCUT2D eigenvalue weighted by Crippen LogP contribution is 2.35. The van der Waals surface area contributed by atoms with Crippen molar-refractivity contribution < 1.29 is 23.8 Å². The number of methoxy groups -OCH3 is 1. The molecule has 43 heavy (non-hydrogen) atoms. The first kappa shape index (κ1) is 30.2. The number of aromatic nitrogens is 3. The fourth-order valence-electron chi connectivity index (χ4n) is 4.85. The Hall–Kier alpha value is -4.31. The third-order valence-corrected chi connectivity index (χ3v) is 7.97. The van der Waals surface area contributed by atoms with Crippen molar-refractivity contribution in [2.75, 3.05) is 25.2 Å². The number of benzene rings is 3. The molecule has 1 amide bonds. The van der Waals surface area contributed by atoms with Crippen LogP contribution in [-0.2, 0) is 22.4 Å². The zero-order valence-electron chi connectivity index (χ0n) is 25.1. The number of rotatable bonds is 8. The summed E-state index contributed by atoms with van der Waals surface area (Å²) in [6.07, 6.45) is 1.47. The van der Waals surface area contributed by atoms with E-state index in [1.165, 1.54) is 11.8 Å². The van der Waals surface area contributed by atoms with Gasteiger partial charge in [-0.05, 0) is 99.2 Å². The molecule has 0 fully saturated rings. The van der Waals surface area contributed by atoms with Gasteiger partial charge in [0.2, 0.25) is 5.69 Å². The van der Waals surface area contributed by atoms with Crippen LogP contribution in [0, 0.1) is 0 Å². The predicted octanol–water partition coefficient (Wildman–Crippen LogP) is 7.02. The van der Waals surface area contributed by atoms with E-state index in [4.69, 9.17) is 14.2 Å². The Morgan fingerprint density at radius 3 is 2.37 bits per heavy atom. The van der Waals surface area contributed by atoms with E-state index in [1.807, 2.05) is 69.3 Å². The van der Waals surface area contributed by atoms with Crippen molar-refractivity contribution in [1.29, 1.82) is 0 Å². The monoisotopic (exact) mass is 600 g/mol. The maximum Gasteiger partial charge on any atom is 0.414 e. The molecule has 0 aliphatic carbocycles. The minimum absolute atomic E-state index is 0.189. The Morgan fingerprint density at radius 2 is 1.70 bits per heavy atom. The maximum atomic E-state index is 12.8. The lowest BCUT2D eigenvalue weighted by Crippen LogP contribution is -2.39. The number of esters is 1. The molecule has 0 unspecified atom stereocenters. The van der Waals surface area contributed by atoms with Crippen LogP contribution in [0.1, 0.15) is 55.7 Å². The second-order valence-corrected chi connectivity index (χ2v) is 12.2. The number of nitrogens with zero attached hydrogens (tertiary/aromatic N) is 4. The van der Waals surface area contributed by atoms with Crippen LogP contribution in [0.4, 0.5) is 10.5 Å². The number of amides is 1. The summed E-state index contributed by atoms with van der Waals surface area (Å²) in [6.45, 7) is 8.73. The van der Waals surface area contributed by atoms with E-state index in [9.17, 15) is 9.59 Å². The van der Waals surface area contributed by atoms with Crippen LogP contribution in [0.25, 0.3) is 11.1 Å². The molecule has 4 aromatic rings. The fraction of sp³-hybridized carbons (Fsp3) is 0.333. The van der Waals surface area contributed by atoms with Crippen molar-refractivity contribution in [2.24, 2.45) is 0 Å². The molecule has 9 nitrogen and oxygen atoms in total. The number of aryl methyl sites for hydroxylation is 1. The van der Waals surface area contributed by atoms with E-state index in [0.29, 0.717) is 18.1 Å². The number of fused-ring (bicyclic) bond motifs is 1. The van der Waals surface area contributed by atoms with Crippen molar-refractivity contribution in [3.8, 4) is 16.9 Å². The van der Waals surface area contributed by atoms with Gasteiger partial charge in [0.25, 0.3) is 0 Å². The lowest BCUT2D eigenvalue weighted by Gasteiger charge is -2.32. The van der Waals surface area contributed by atoms with Gasteiger partial charge in [0.15, 0.2) is 0 Å². The van der Waals surface area contributed by atoms with Gasteiger partial charge in [0.05, 0.1) is 25.9 Å². The summed E-state index contributed by atoms with van der Waals surface area (Å²) in [5, 5.41) is 9.04. The Balaban J connectivity index is 1.36. The van der Waals surface area contributed by atoms with Crippen LogP contribution >= 0.6 is 11.8 Å². The highest BCUT2D eigenvalue weighted by atomic mass is 32.2. The first-order valence-corrected chi connectivity index (χ1v) is 15.1. The lowest BCUT2D eigenvalue weighted by atomic mass is 9.96. The van der Waals surface area contributed by atoms with Gasteiger partial charge in [-0.1, -0.05) is 47.3 Å². The van der Waals surface area contributed by atoms with Crippen LogP contribution in [0.3, 0.4) is 0 Å². The molecular formula is C33H36N4O5S. The minimum atomic E-state index is -0.547. The molecule has 1 aromatic heterocycles. The molecule has 0 saturated heterocycles. The third-order valence-electron chi connectivity index (χ3n) is 6.86. The molecule has 1 aliphatic heterocycles. The van der Waals surface area contributed by atoms with Gasteiger partial charge < -0.3 is 14.2 Å². The normalized spacial score (nSPS) is 12.9. The molecule has 0 bridgehead atoms. The van der Waals surface area contributed by atoms with E-state index in [1.54, 1.807) is 23.6 Å². The van der Waals surface area contributed by atoms with Gasteiger partial charge >= 0.3 is 12.1 Å². The zero-order valence-corrected chi connectivity index (χ0v) is 25.9. The van der Waals surface area contributed by atoms with Crippen molar-refractivity contribution in [2.45, 2.75) is 62.6 Å². The van der Waals surface area contributed by atoms with Crippen molar-refractivity contribution in [3.63, 3.8) is 0 Å². The summed E-state index contributed by atoms with van der Waals surface area (Å²) in [5.41, 5.74) is 4.79. The zero-order chi connectivity index (χ0) is 30.6. The Labute approximate surface area is 256 Å². The van der Waals surface area contributed by atoms with Gasteiger partial charge in [0.1, 0.15) is 16.4 Å². The second-order valence-electron chi connectivity index (χ2n) is 11.2. The number of carbonyl (C=O) groups is 2. The van der Waals surface area contributed by atoms with Crippen LogP contribution in [0.15, 0.2) is 76.7 Å². The summed E-state index contributed by atoms with van der Waals surface area (Å²) >= 11 is 1.42. The molecule has 0 radical (unpaired) electrons. The van der Waals surface area contributed by atoms with E-state index < -0.39 is 11.6 Å². The largest absolute Gasteiger partial charge is 0.497 e. The molecule has 0 N–H and O–H groups in total. The van der Waals surface area contributed by atoms with Crippen LogP contribution in [0.5, 0.6) is 5.75 Å². The van der Waals surface area contributed by atoms with Gasteiger partial charge in [-0.15, -0.1) is 5.10 Å². The first-order chi connectivity index (χ1) is 20.6. The Kier molecular flexibility index (Phi) is 9.05. The molecule has 2 heterocycles. The number of anilines is 1. The summed E-state index contributed by atoms with van der Waals surface area (Å²) in [6, 6.07) is 22.0. The van der Waals surface area contributed by atoms with Gasteiger partial charge in [0, 0.05) is 11.4 Å². The van der Waals surface area contributed by atoms with Crippen molar-refractivity contribution in [1.82, 2.24) is 15.0 Å². The SMILES string of the molecule is CCOC(=O)c1nnn(Cc2ccc(OC)cc2)c1Sc1ccc(-c2ccc3c(c2)CCCN3C(=O)OC(C)(C)C)cc1. The summed E-state index contributed by atoms with van der Waals surface area (Å²) in [7, 11) is 1.63. The van der Waals surface area contributed by atoms with E-state index >= 15 is 0 Å². The lowest BCUT2D eigenvalue weighted by molar-refractivity contribution is 0.0513. The number of ether oxygens (including phenoxy) is 3. The van der Waals surface area contributed by atoms with Crippen LogP contribution in [-0.4, -0.2) is 52.9 Å². The molecule has 0 saturated carbocycles. The fourth-order valence-corrected chi connectivity index (χ4v) is 5.77. The van der Waals surface area contributed by atoms with Crippen LogP contribution < -0.4 is 9.64 Å². The van der Waals surface area contributed by atoms with E-state index in [2.05, 4.69) is 28.5 Å². The van der Waals surface area contributed by atoms with Crippen LogP contribution in [0.2, 0.25) is 0 Å². The molecule has 0 atom stereocenters. The third kappa shape index (κ3) is 7.19. The number of hydrogen-bond acceptors (Lipinski definition) is 8. The Morgan fingerprint density at radius 1 is 0.977 bits per heavy atom. The smallest absolute Gasteiger partial charge is 0.414 e. The van der Waals surface area contributed by atoms with Gasteiger partial charge in [-0.25, -0.2) is 14.3 Å². The second kappa shape index (κ2) is 12.9. The topological polar surface area (TPSA) is 95.8 Å². The molecule has 3 aromatic carbocycles. The first-order valence-electron chi connectivity index (χ1n) is 14.3. The predicted molar refractivity (Wildman–Crippen MR) is 166 cm³/mol. The number of carbonyl (C=O) groups excluding carboxylic acids is 2. The average molecular weight is 601 g/mol. The van der Waals surface area contributed by atoms with E-state index in [-0.39, 0.29) is 18.4 Å². The molecule has 1 aliphatic rings. The molecule has 224 valence electrons. The van der Waals surface area contributed by atoms with Crippen molar-refractivity contribution >= 4 is 29.5 Å². The summed E-state index contributed by atoms with van der Waals surface area (Å²) in [5.74, 6) is 0.264. The highest BCUT2D eigenvalue weighted by Gasteiger charge is 2.27. The van der Waals surface area contributed by atoms with E-state index in [0.717, 1.165) is 51.4 Å². The molecule has 0 spiro atoms. The van der Waals surface area contributed by atoms with Gasteiger partial charge in [-0.3, -0.25) is 4.90 Å². The highest BCUT2D eigenvalue weighted by molar-refractivity contribution is 7.99. The maximum absolute atomic E-state index is 12.8. The van der Waals surface area contributed by atoms with Gasteiger partial charge in [-0.2, -0.15) is 0 Å². The summed E-state index contributed by atoms with van der Waals surface area (Å²) < 4.78 is 17.9. The number of hydrogen-bond donors (Lipinski definition) is 0.